The predicted octanol–water partition coefficient (Wildman–Crippen LogP) is 5.14. The first kappa shape index (κ1) is 14.6. The van der Waals surface area contributed by atoms with Crippen molar-refractivity contribution < 1.29 is 0 Å². The van der Waals surface area contributed by atoms with Crippen molar-refractivity contribution in [3.05, 3.63) is 70.2 Å². The maximum atomic E-state index is 5.95. The third-order valence-electron chi connectivity index (χ3n) is 4.61. The van der Waals surface area contributed by atoms with Gasteiger partial charge in [-0.1, -0.05) is 61.8 Å². The molecule has 0 aliphatic heterocycles. The molecule has 3 rings (SSSR count). The molecule has 0 fully saturated rings. The number of rotatable bonds is 3. The van der Waals surface area contributed by atoms with Gasteiger partial charge in [0.25, 0.3) is 0 Å². The Morgan fingerprint density at radius 3 is 2.57 bits per heavy atom. The molecule has 0 spiro atoms. The van der Waals surface area contributed by atoms with E-state index in [0.29, 0.717) is 6.04 Å². The standard InChI is InChI=1S/C19H22ClN/c1-19(2)12-11-15-5-3-4-6-17(15)18(19)21-13-14-7-9-16(20)10-8-14/h3-10,18,21H,11-13H2,1-2H3. The maximum Gasteiger partial charge on any atom is 0.0406 e. The minimum absolute atomic E-state index is 0.279. The smallest absolute Gasteiger partial charge is 0.0406 e. The Bertz CT molecular complexity index is 616. The highest BCUT2D eigenvalue weighted by Gasteiger charge is 2.35. The molecule has 0 amide bonds. The molecule has 0 saturated carbocycles. The fraction of sp³-hybridized carbons (Fsp3) is 0.368. The highest BCUT2D eigenvalue weighted by Crippen LogP contribution is 2.43. The van der Waals surface area contributed by atoms with Gasteiger partial charge in [0.15, 0.2) is 0 Å². The zero-order valence-corrected chi connectivity index (χ0v) is 13.5. The molecular formula is C19H22ClN. The van der Waals surface area contributed by atoms with Crippen molar-refractivity contribution in [3.63, 3.8) is 0 Å². The van der Waals surface area contributed by atoms with Crippen molar-refractivity contribution in [1.82, 2.24) is 5.32 Å². The highest BCUT2D eigenvalue weighted by molar-refractivity contribution is 6.30. The summed E-state index contributed by atoms with van der Waals surface area (Å²) in [5, 5.41) is 4.55. The Morgan fingerprint density at radius 2 is 1.81 bits per heavy atom. The Balaban J connectivity index is 1.81. The van der Waals surface area contributed by atoms with Crippen LogP contribution in [-0.4, -0.2) is 0 Å². The molecule has 1 nitrogen and oxygen atoms in total. The van der Waals surface area contributed by atoms with Gasteiger partial charge in [0.05, 0.1) is 0 Å². The lowest BCUT2D eigenvalue weighted by Gasteiger charge is -2.40. The minimum Gasteiger partial charge on any atom is -0.305 e. The Labute approximate surface area is 132 Å². The molecule has 21 heavy (non-hydrogen) atoms. The summed E-state index contributed by atoms with van der Waals surface area (Å²) in [4.78, 5) is 0. The lowest BCUT2D eigenvalue weighted by Crippen LogP contribution is -2.37. The number of aryl methyl sites for hydroxylation is 1. The van der Waals surface area contributed by atoms with Gasteiger partial charge in [-0.15, -0.1) is 0 Å². The van der Waals surface area contributed by atoms with E-state index in [4.69, 9.17) is 11.6 Å². The summed E-state index contributed by atoms with van der Waals surface area (Å²) >= 11 is 5.95. The van der Waals surface area contributed by atoms with Gasteiger partial charge < -0.3 is 5.32 Å². The molecule has 1 unspecified atom stereocenters. The molecule has 0 heterocycles. The number of hydrogen-bond acceptors (Lipinski definition) is 1. The average Bonchev–Trinajstić information content (AvgIpc) is 2.48. The van der Waals surface area contributed by atoms with Gasteiger partial charge >= 0.3 is 0 Å². The molecule has 1 aliphatic carbocycles. The lowest BCUT2D eigenvalue weighted by molar-refractivity contribution is 0.208. The number of hydrogen-bond donors (Lipinski definition) is 1. The number of halogens is 1. The largest absolute Gasteiger partial charge is 0.305 e. The molecule has 0 bridgehead atoms. The van der Waals surface area contributed by atoms with E-state index in [9.17, 15) is 0 Å². The van der Waals surface area contributed by atoms with Crippen molar-refractivity contribution in [1.29, 1.82) is 0 Å². The molecule has 1 atom stereocenters. The quantitative estimate of drug-likeness (QED) is 0.827. The molecule has 0 aromatic heterocycles. The first-order chi connectivity index (χ1) is 10.1. The summed E-state index contributed by atoms with van der Waals surface area (Å²) in [5.74, 6) is 0. The Morgan fingerprint density at radius 1 is 1.10 bits per heavy atom. The van der Waals surface area contributed by atoms with Gasteiger partial charge in [-0.25, -0.2) is 0 Å². The van der Waals surface area contributed by atoms with Crippen LogP contribution in [0, 0.1) is 5.41 Å². The van der Waals surface area contributed by atoms with Crippen LogP contribution in [-0.2, 0) is 13.0 Å². The van der Waals surface area contributed by atoms with E-state index < -0.39 is 0 Å². The van der Waals surface area contributed by atoms with Crippen molar-refractivity contribution >= 4 is 11.6 Å². The highest BCUT2D eigenvalue weighted by atomic mass is 35.5. The zero-order valence-electron chi connectivity index (χ0n) is 12.7. The zero-order chi connectivity index (χ0) is 14.9. The maximum absolute atomic E-state index is 5.95. The summed E-state index contributed by atoms with van der Waals surface area (Å²) in [7, 11) is 0. The second-order valence-electron chi connectivity index (χ2n) is 6.63. The molecule has 0 radical (unpaired) electrons. The van der Waals surface area contributed by atoms with E-state index in [1.165, 1.54) is 29.5 Å². The molecule has 0 saturated heterocycles. The summed E-state index contributed by atoms with van der Waals surface area (Å²) in [6.07, 6.45) is 2.41. The summed E-state index contributed by atoms with van der Waals surface area (Å²) in [6, 6.07) is 17.3. The van der Waals surface area contributed by atoms with Crippen molar-refractivity contribution in [2.24, 2.45) is 5.41 Å². The van der Waals surface area contributed by atoms with Crippen molar-refractivity contribution in [2.75, 3.05) is 0 Å². The lowest BCUT2D eigenvalue weighted by atomic mass is 9.70. The fourth-order valence-electron chi connectivity index (χ4n) is 3.27. The number of fused-ring (bicyclic) bond motifs is 1. The average molecular weight is 300 g/mol. The van der Waals surface area contributed by atoms with Gasteiger partial charge in [0, 0.05) is 17.6 Å². The monoisotopic (exact) mass is 299 g/mol. The van der Waals surface area contributed by atoms with E-state index in [1.807, 2.05) is 12.1 Å². The van der Waals surface area contributed by atoms with Crippen LogP contribution in [0.3, 0.4) is 0 Å². The van der Waals surface area contributed by atoms with Crippen LogP contribution in [0.1, 0.15) is 43.0 Å². The van der Waals surface area contributed by atoms with Gasteiger partial charge in [0.2, 0.25) is 0 Å². The van der Waals surface area contributed by atoms with Crippen molar-refractivity contribution in [3.8, 4) is 0 Å². The Hall–Kier alpha value is -1.31. The number of nitrogens with one attached hydrogen (secondary N) is 1. The third kappa shape index (κ3) is 3.14. The van der Waals surface area contributed by atoms with E-state index in [0.717, 1.165) is 11.6 Å². The Kier molecular flexibility index (Phi) is 4.05. The first-order valence-electron chi connectivity index (χ1n) is 7.62. The van der Waals surface area contributed by atoms with Crippen LogP contribution in [0.25, 0.3) is 0 Å². The molecule has 2 aromatic carbocycles. The van der Waals surface area contributed by atoms with Crippen LogP contribution in [0.5, 0.6) is 0 Å². The minimum atomic E-state index is 0.279. The van der Waals surface area contributed by atoms with E-state index in [1.54, 1.807) is 0 Å². The molecule has 2 heteroatoms. The molecular weight excluding hydrogens is 278 g/mol. The van der Waals surface area contributed by atoms with Crippen LogP contribution in [0.2, 0.25) is 5.02 Å². The normalized spacial score (nSPS) is 20.0. The number of benzene rings is 2. The van der Waals surface area contributed by atoms with Crippen LogP contribution in [0.4, 0.5) is 0 Å². The molecule has 1 N–H and O–H groups in total. The topological polar surface area (TPSA) is 12.0 Å². The van der Waals surface area contributed by atoms with E-state index >= 15 is 0 Å². The summed E-state index contributed by atoms with van der Waals surface area (Å²) < 4.78 is 0. The predicted molar refractivity (Wildman–Crippen MR) is 89.6 cm³/mol. The van der Waals surface area contributed by atoms with Gasteiger partial charge in [-0.2, -0.15) is 0 Å². The molecule has 1 aliphatic rings. The molecule has 110 valence electrons. The summed E-state index contributed by atoms with van der Waals surface area (Å²) in [5.41, 5.74) is 4.51. The third-order valence-corrected chi connectivity index (χ3v) is 4.86. The summed E-state index contributed by atoms with van der Waals surface area (Å²) in [6.45, 7) is 5.60. The second kappa shape index (κ2) is 5.82. The van der Waals surface area contributed by atoms with Crippen molar-refractivity contribution in [2.45, 2.75) is 39.3 Å². The van der Waals surface area contributed by atoms with Crippen LogP contribution in [0.15, 0.2) is 48.5 Å². The SMILES string of the molecule is CC1(C)CCc2ccccc2C1NCc1ccc(Cl)cc1. The first-order valence-corrected chi connectivity index (χ1v) is 8.00. The van der Waals surface area contributed by atoms with Gasteiger partial charge in [-0.3, -0.25) is 0 Å². The second-order valence-corrected chi connectivity index (χ2v) is 7.06. The van der Waals surface area contributed by atoms with Crippen LogP contribution >= 0.6 is 11.6 Å². The fourth-order valence-corrected chi connectivity index (χ4v) is 3.40. The van der Waals surface area contributed by atoms with E-state index in [-0.39, 0.29) is 5.41 Å². The molecule has 2 aromatic rings. The van der Waals surface area contributed by atoms with E-state index in [2.05, 4.69) is 55.6 Å². The van der Waals surface area contributed by atoms with Gasteiger partial charge in [0.1, 0.15) is 0 Å². The van der Waals surface area contributed by atoms with Crippen LogP contribution < -0.4 is 5.32 Å². The van der Waals surface area contributed by atoms with Gasteiger partial charge in [-0.05, 0) is 47.1 Å².